The lowest BCUT2D eigenvalue weighted by molar-refractivity contribution is 0.0175. The lowest BCUT2D eigenvalue weighted by Gasteiger charge is -2.13. The van der Waals surface area contributed by atoms with Gasteiger partial charge in [-0.1, -0.05) is 24.3 Å². The molecule has 9 heteroatoms. The van der Waals surface area contributed by atoms with Gasteiger partial charge in [0.15, 0.2) is 5.82 Å². The van der Waals surface area contributed by atoms with Gasteiger partial charge in [0, 0.05) is 23.7 Å². The van der Waals surface area contributed by atoms with Crippen LogP contribution in [-0.2, 0) is 10.7 Å². The van der Waals surface area contributed by atoms with Gasteiger partial charge in [-0.15, -0.1) is 0 Å². The molecule has 0 aliphatic carbocycles. The molecule has 0 spiro atoms. The first-order valence-electron chi connectivity index (χ1n) is 9.13. The average Bonchev–Trinajstić information content (AvgIpc) is 2.73. The molecule has 0 aliphatic rings. The molecule has 0 atom stereocenters. The number of rotatable bonds is 7. The van der Waals surface area contributed by atoms with E-state index >= 15 is 0 Å². The average molecular weight is 414 g/mol. The van der Waals surface area contributed by atoms with Crippen molar-refractivity contribution in [3.05, 3.63) is 59.7 Å². The Balaban J connectivity index is 1.99. The molecule has 0 unspecified atom stereocenters. The number of aromatic nitrogens is 3. The standard InChI is InChI=1S/C21H20F2N4O3/c1-4-30-20-26-17(13-7-5-8-14(11-13)18(28)29-3)25-19(27-20)24-16-10-6-9-15(12-16)21(2,22)23/h5-12H,4H2,1-3H3,(H,24,25,26,27). The molecule has 2 aromatic carbocycles. The molecule has 3 aromatic rings. The molecule has 1 N–H and O–H groups in total. The van der Waals surface area contributed by atoms with Gasteiger partial charge in [-0.3, -0.25) is 0 Å². The van der Waals surface area contributed by atoms with Crippen LogP contribution in [0.1, 0.15) is 29.8 Å². The van der Waals surface area contributed by atoms with Crippen molar-refractivity contribution in [3.8, 4) is 17.4 Å². The number of carbonyl (C=O) groups is 1. The van der Waals surface area contributed by atoms with Gasteiger partial charge >= 0.3 is 12.0 Å². The highest BCUT2D eigenvalue weighted by molar-refractivity contribution is 5.90. The number of alkyl halides is 2. The van der Waals surface area contributed by atoms with Crippen molar-refractivity contribution in [3.63, 3.8) is 0 Å². The van der Waals surface area contributed by atoms with E-state index < -0.39 is 11.9 Å². The van der Waals surface area contributed by atoms with E-state index in [1.165, 1.54) is 25.3 Å². The van der Waals surface area contributed by atoms with E-state index in [0.717, 1.165) is 6.92 Å². The summed E-state index contributed by atoms with van der Waals surface area (Å²) in [6.07, 6.45) is 0. The number of benzene rings is 2. The lowest BCUT2D eigenvalue weighted by Crippen LogP contribution is -2.08. The van der Waals surface area contributed by atoms with Gasteiger partial charge in [-0.05, 0) is 31.2 Å². The number of carbonyl (C=O) groups excluding carboxylic acids is 1. The van der Waals surface area contributed by atoms with Crippen molar-refractivity contribution >= 4 is 17.6 Å². The smallest absolute Gasteiger partial charge is 0.337 e. The Bertz CT molecular complexity index is 1050. The van der Waals surface area contributed by atoms with Crippen molar-refractivity contribution in [2.24, 2.45) is 0 Å². The number of halogens is 2. The molecule has 0 radical (unpaired) electrons. The molecule has 156 valence electrons. The Labute approximate surface area is 172 Å². The summed E-state index contributed by atoms with van der Waals surface area (Å²) in [7, 11) is 1.29. The highest BCUT2D eigenvalue weighted by Crippen LogP contribution is 2.29. The molecule has 7 nitrogen and oxygen atoms in total. The first-order chi connectivity index (χ1) is 14.3. The van der Waals surface area contributed by atoms with Gasteiger partial charge < -0.3 is 14.8 Å². The second-order valence-electron chi connectivity index (χ2n) is 6.36. The number of anilines is 2. The summed E-state index contributed by atoms with van der Waals surface area (Å²) < 4.78 is 37.4. The number of ether oxygens (including phenoxy) is 2. The van der Waals surface area contributed by atoms with Crippen LogP contribution >= 0.6 is 0 Å². The van der Waals surface area contributed by atoms with E-state index in [1.807, 2.05) is 0 Å². The quantitative estimate of drug-likeness (QED) is 0.566. The zero-order chi connectivity index (χ0) is 21.7. The maximum Gasteiger partial charge on any atom is 0.337 e. The third-order valence-electron chi connectivity index (χ3n) is 4.06. The SMILES string of the molecule is CCOc1nc(Nc2cccc(C(C)(F)F)c2)nc(-c2cccc(C(=O)OC)c2)n1. The van der Waals surface area contributed by atoms with Gasteiger partial charge in [0.1, 0.15) is 0 Å². The van der Waals surface area contributed by atoms with E-state index in [0.29, 0.717) is 23.4 Å². The monoisotopic (exact) mass is 414 g/mol. The summed E-state index contributed by atoms with van der Waals surface area (Å²) in [6.45, 7) is 2.93. The Morgan fingerprint density at radius 2 is 1.87 bits per heavy atom. The Kier molecular flexibility index (Phi) is 6.20. The molecule has 1 heterocycles. The molecule has 0 amide bonds. The van der Waals surface area contributed by atoms with Crippen molar-refractivity contribution in [1.82, 2.24) is 15.0 Å². The number of nitrogens with one attached hydrogen (secondary N) is 1. The largest absolute Gasteiger partial charge is 0.465 e. The van der Waals surface area contributed by atoms with Crippen LogP contribution in [-0.4, -0.2) is 34.6 Å². The van der Waals surface area contributed by atoms with E-state index in [-0.39, 0.29) is 23.3 Å². The van der Waals surface area contributed by atoms with Crippen molar-refractivity contribution < 1.29 is 23.0 Å². The summed E-state index contributed by atoms with van der Waals surface area (Å²) in [5, 5.41) is 2.91. The highest BCUT2D eigenvalue weighted by atomic mass is 19.3. The molecular weight excluding hydrogens is 394 g/mol. The van der Waals surface area contributed by atoms with Crippen LogP contribution in [0.5, 0.6) is 6.01 Å². The fraction of sp³-hybridized carbons (Fsp3) is 0.238. The van der Waals surface area contributed by atoms with Crippen LogP contribution < -0.4 is 10.1 Å². The minimum atomic E-state index is -2.98. The second-order valence-corrected chi connectivity index (χ2v) is 6.36. The van der Waals surface area contributed by atoms with Gasteiger partial charge in [-0.2, -0.15) is 15.0 Å². The number of hydrogen-bond donors (Lipinski definition) is 1. The first-order valence-corrected chi connectivity index (χ1v) is 9.13. The van der Waals surface area contributed by atoms with Gasteiger partial charge in [0.2, 0.25) is 5.95 Å². The van der Waals surface area contributed by atoms with E-state index in [4.69, 9.17) is 9.47 Å². The number of esters is 1. The van der Waals surface area contributed by atoms with Gasteiger partial charge in [-0.25, -0.2) is 13.6 Å². The van der Waals surface area contributed by atoms with Crippen LogP contribution in [0, 0.1) is 0 Å². The predicted molar refractivity (Wildman–Crippen MR) is 107 cm³/mol. The summed E-state index contributed by atoms with van der Waals surface area (Å²) in [5.41, 5.74) is 1.12. The minimum absolute atomic E-state index is 0.0606. The molecule has 3 rings (SSSR count). The van der Waals surface area contributed by atoms with Crippen LogP contribution in [0.25, 0.3) is 11.4 Å². The van der Waals surface area contributed by atoms with Crippen LogP contribution in [0.2, 0.25) is 0 Å². The second kappa shape index (κ2) is 8.81. The molecule has 1 aromatic heterocycles. The summed E-state index contributed by atoms with van der Waals surface area (Å²) >= 11 is 0. The van der Waals surface area contributed by atoms with Crippen molar-refractivity contribution in [1.29, 1.82) is 0 Å². The van der Waals surface area contributed by atoms with Crippen LogP contribution in [0.3, 0.4) is 0 Å². The maximum absolute atomic E-state index is 13.6. The zero-order valence-electron chi connectivity index (χ0n) is 16.6. The number of hydrogen-bond acceptors (Lipinski definition) is 7. The lowest BCUT2D eigenvalue weighted by atomic mass is 10.1. The van der Waals surface area contributed by atoms with Gasteiger partial charge in [0.05, 0.1) is 19.3 Å². The molecule has 0 bridgehead atoms. The maximum atomic E-state index is 13.6. The van der Waals surface area contributed by atoms with Crippen molar-refractivity contribution in [2.75, 3.05) is 19.0 Å². The minimum Gasteiger partial charge on any atom is -0.465 e. The zero-order valence-corrected chi connectivity index (χ0v) is 16.6. The van der Waals surface area contributed by atoms with E-state index in [2.05, 4.69) is 20.3 Å². The molecule has 30 heavy (non-hydrogen) atoms. The summed E-state index contributed by atoms with van der Waals surface area (Å²) in [6, 6.07) is 12.4. The van der Waals surface area contributed by atoms with Crippen molar-refractivity contribution in [2.45, 2.75) is 19.8 Å². The molecular formula is C21H20F2N4O3. The number of nitrogens with zero attached hydrogens (tertiary/aromatic N) is 3. The topological polar surface area (TPSA) is 86.2 Å². The fourth-order valence-electron chi connectivity index (χ4n) is 2.64. The fourth-order valence-corrected chi connectivity index (χ4v) is 2.64. The third kappa shape index (κ3) is 5.05. The number of methoxy groups -OCH3 is 1. The van der Waals surface area contributed by atoms with Gasteiger partial charge in [0.25, 0.3) is 5.92 Å². The highest BCUT2D eigenvalue weighted by Gasteiger charge is 2.24. The molecule has 0 fully saturated rings. The van der Waals surface area contributed by atoms with Crippen LogP contribution in [0.4, 0.5) is 20.4 Å². The van der Waals surface area contributed by atoms with E-state index in [1.54, 1.807) is 37.3 Å². The molecule has 0 aliphatic heterocycles. The Hall–Kier alpha value is -3.62. The predicted octanol–water partition coefficient (Wildman–Crippen LogP) is 4.58. The van der Waals surface area contributed by atoms with Crippen LogP contribution in [0.15, 0.2) is 48.5 Å². The molecule has 0 saturated heterocycles. The summed E-state index contributed by atoms with van der Waals surface area (Å²) in [5.74, 6) is -3.11. The third-order valence-corrected chi connectivity index (χ3v) is 4.06. The first kappa shape index (κ1) is 21.1. The Morgan fingerprint density at radius 3 is 2.57 bits per heavy atom. The molecule has 0 saturated carbocycles. The normalized spacial score (nSPS) is 11.1. The summed E-state index contributed by atoms with van der Waals surface area (Å²) in [4.78, 5) is 24.6. The Morgan fingerprint density at radius 1 is 1.10 bits per heavy atom. The van der Waals surface area contributed by atoms with E-state index in [9.17, 15) is 13.6 Å².